The largest absolute Gasteiger partial charge is 0.399 e. The molecule has 0 bridgehead atoms. The molecular weight excluding hydrogens is 248 g/mol. The Balaban J connectivity index is 2.14. The second-order valence-electron chi connectivity index (χ2n) is 5.16. The average Bonchev–Trinajstić information content (AvgIpc) is 2.40. The number of likely N-dealkylation sites (N-methyl/N-ethyl adjacent to an activating group) is 1. The van der Waals surface area contributed by atoms with Crippen LogP contribution in [0.5, 0.6) is 0 Å². The van der Waals surface area contributed by atoms with Gasteiger partial charge in [0.05, 0.1) is 6.42 Å². The van der Waals surface area contributed by atoms with Crippen LogP contribution in [0, 0.1) is 13.8 Å². The van der Waals surface area contributed by atoms with Gasteiger partial charge in [-0.3, -0.25) is 4.79 Å². The van der Waals surface area contributed by atoms with E-state index >= 15 is 0 Å². The van der Waals surface area contributed by atoms with E-state index in [4.69, 9.17) is 5.73 Å². The van der Waals surface area contributed by atoms with Gasteiger partial charge in [-0.1, -0.05) is 29.8 Å². The van der Waals surface area contributed by atoms with E-state index in [1.54, 1.807) is 4.90 Å². The summed E-state index contributed by atoms with van der Waals surface area (Å²) in [7, 11) is 1.82. The first kappa shape index (κ1) is 14.1. The quantitative estimate of drug-likeness (QED) is 0.869. The fraction of sp³-hybridized carbons (Fsp3) is 0.235. The monoisotopic (exact) mass is 268 g/mol. The molecule has 0 aromatic heterocycles. The SMILES string of the molecule is Cc1ccc(N(C)C(=O)Cc2ccc(N)cc2)c(C)c1. The Labute approximate surface area is 120 Å². The van der Waals surface area contributed by atoms with Gasteiger partial charge in [0.1, 0.15) is 0 Å². The number of amides is 1. The van der Waals surface area contributed by atoms with Crippen molar-refractivity contribution in [1.82, 2.24) is 0 Å². The van der Waals surface area contributed by atoms with Crippen molar-refractivity contribution in [1.29, 1.82) is 0 Å². The summed E-state index contributed by atoms with van der Waals surface area (Å²) >= 11 is 0. The number of carbonyl (C=O) groups is 1. The smallest absolute Gasteiger partial charge is 0.231 e. The molecule has 20 heavy (non-hydrogen) atoms. The summed E-state index contributed by atoms with van der Waals surface area (Å²) in [4.78, 5) is 14.0. The summed E-state index contributed by atoms with van der Waals surface area (Å²) in [6.07, 6.45) is 0.379. The van der Waals surface area contributed by atoms with Crippen LogP contribution < -0.4 is 10.6 Å². The minimum Gasteiger partial charge on any atom is -0.399 e. The van der Waals surface area contributed by atoms with E-state index in [-0.39, 0.29) is 5.91 Å². The van der Waals surface area contributed by atoms with Crippen LogP contribution in [0.15, 0.2) is 42.5 Å². The zero-order valence-corrected chi connectivity index (χ0v) is 12.2. The number of nitrogens with zero attached hydrogens (tertiary/aromatic N) is 1. The van der Waals surface area contributed by atoms with Crippen molar-refractivity contribution in [3.05, 3.63) is 59.2 Å². The third-order valence-corrected chi connectivity index (χ3v) is 3.42. The van der Waals surface area contributed by atoms with Gasteiger partial charge >= 0.3 is 0 Å². The Morgan fingerprint density at radius 3 is 2.35 bits per heavy atom. The molecule has 3 heteroatoms. The minimum absolute atomic E-state index is 0.0710. The van der Waals surface area contributed by atoms with E-state index < -0.39 is 0 Å². The van der Waals surface area contributed by atoms with Gasteiger partial charge < -0.3 is 10.6 Å². The highest BCUT2D eigenvalue weighted by atomic mass is 16.2. The van der Waals surface area contributed by atoms with E-state index in [2.05, 4.69) is 6.07 Å². The van der Waals surface area contributed by atoms with Crippen LogP contribution in [0.4, 0.5) is 11.4 Å². The molecular formula is C17H20N2O. The van der Waals surface area contributed by atoms with Crippen LogP contribution in [0.2, 0.25) is 0 Å². The van der Waals surface area contributed by atoms with Crippen molar-refractivity contribution in [3.8, 4) is 0 Å². The Morgan fingerprint density at radius 1 is 1.10 bits per heavy atom. The van der Waals surface area contributed by atoms with E-state index in [1.165, 1.54) is 5.56 Å². The van der Waals surface area contributed by atoms with Gasteiger partial charge in [0.25, 0.3) is 0 Å². The van der Waals surface area contributed by atoms with Gasteiger partial charge in [0.15, 0.2) is 0 Å². The number of nitrogen functional groups attached to an aromatic ring is 1. The molecule has 0 aliphatic carbocycles. The molecule has 0 aliphatic heterocycles. The number of anilines is 2. The molecule has 0 aliphatic rings. The van der Waals surface area contributed by atoms with Crippen molar-refractivity contribution in [3.63, 3.8) is 0 Å². The first-order valence-electron chi connectivity index (χ1n) is 6.65. The number of hydrogen-bond acceptors (Lipinski definition) is 2. The summed E-state index contributed by atoms with van der Waals surface area (Å²) in [6, 6.07) is 13.5. The van der Waals surface area contributed by atoms with E-state index in [0.29, 0.717) is 12.1 Å². The molecule has 3 nitrogen and oxygen atoms in total. The van der Waals surface area contributed by atoms with Gasteiger partial charge in [-0.05, 0) is 43.2 Å². The number of rotatable bonds is 3. The van der Waals surface area contributed by atoms with Gasteiger partial charge in [-0.15, -0.1) is 0 Å². The van der Waals surface area contributed by atoms with Crippen LogP contribution in [0.3, 0.4) is 0 Å². The zero-order valence-electron chi connectivity index (χ0n) is 12.2. The molecule has 2 aromatic carbocycles. The second kappa shape index (κ2) is 5.78. The molecule has 0 saturated carbocycles. The minimum atomic E-state index is 0.0710. The Morgan fingerprint density at radius 2 is 1.75 bits per heavy atom. The zero-order chi connectivity index (χ0) is 14.7. The topological polar surface area (TPSA) is 46.3 Å². The highest BCUT2D eigenvalue weighted by molar-refractivity contribution is 5.95. The normalized spacial score (nSPS) is 10.3. The molecule has 2 N–H and O–H groups in total. The Kier molecular flexibility index (Phi) is 4.08. The molecule has 0 heterocycles. The fourth-order valence-corrected chi connectivity index (χ4v) is 2.24. The van der Waals surface area contributed by atoms with Gasteiger partial charge in [0, 0.05) is 18.4 Å². The third-order valence-electron chi connectivity index (χ3n) is 3.42. The third kappa shape index (κ3) is 3.18. The lowest BCUT2D eigenvalue weighted by atomic mass is 10.1. The highest BCUT2D eigenvalue weighted by Gasteiger charge is 2.13. The van der Waals surface area contributed by atoms with Gasteiger partial charge in [0.2, 0.25) is 5.91 Å². The molecule has 104 valence electrons. The summed E-state index contributed by atoms with van der Waals surface area (Å²) in [5.41, 5.74) is 10.6. The Bertz CT molecular complexity index is 617. The lowest BCUT2D eigenvalue weighted by Crippen LogP contribution is -2.28. The van der Waals surface area contributed by atoms with Crippen LogP contribution in [0.1, 0.15) is 16.7 Å². The number of hydrogen-bond donors (Lipinski definition) is 1. The highest BCUT2D eigenvalue weighted by Crippen LogP contribution is 2.21. The van der Waals surface area contributed by atoms with Crippen molar-refractivity contribution in [2.24, 2.45) is 0 Å². The molecule has 0 unspecified atom stereocenters. The maximum Gasteiger partial charge on any atom is 0.231 e. The molecule has 0 spiro atoms. The summed E-state index contributed by atoms with van der Waals surface area (Å²) in [5, 5.41) is 0. The molecule has 2 aromatic rings. The molecule has 0 saturated heterocycles. The van der Waals surface area contributed by atoms with Crippen molar-refractivity contribution in [2.45, 2.75) is 20.3 Å². The average molecular weight is 268 g/mol. The fourth-order valence-electron chi connectivity index (χ4n) is 2.24. The molecule has 2 rings (SSSR count). The maximum atomic E-state index is 12.3. The summed E-state index contributed by atoms with van der Waals surface area (Å²) in [6.45, 7) is 4.07. The first-order valence-corrected chi connectivity index (χ1v) is 6.65. The van der Waals surface area contributed by atoms with E-state index in [9.17, 15) is 4.79 Å². The van der Waals surface area contributed by atoms with Crippen molar-refractivity contribution < 1.29 is 4.79 Å². The lowest BCUT2D eigenvalue weighted by Gasteiger charge is -2.20. The second-order valence-corrected chi connectivity index (χ2v) is 5.16. The predicted octanol–water partition coefficient (Wildman–Crippen LogP) is 3.09. The van der Waals surface area contributed by atoms with Crippen molar-refractivity contribution in [2.75, 3.05) is 17.7 Å². The standard InChI is InChI=1S/C17H20N2O/c1-12-4-9-16(13(2)10-12)19(3)17(20)11-14-5-7-15(18)8-6-14/h4-10H,11,18H2,1-3H3. The van der Waals surface area contributed by atoms with Crippen LogP contribution in [-0.2, 0) is 11.2 Å². The van der Waals surface area contributed by atoms with Gasteiger partial charge in [-0.25, -0.2) is 0 Å². The summed E-state index contributed by atoms with van der Waals surface area (Å²) < 4.78 is 0. The molecule has 0 atom stereocenters. The van der Waals surface area contributed by atoms with Crippen LogP contribution in [-0.4, -0.2) is 13.0 Å². The number of benzene rings is 2. The first-order chi connectivity index (χ1) is 9.47. The number of nitrogens with two attached hydrogens (primary N) is 1. The Hall–Kier alpha value is -2.29. The molecule has 0 radical (unpaired) electrons. The molecule has 1 amide bonds. The van der Waals surface area contributed by atoms with Gasteiger partial charge in [-0.2, -0.15) is 0 Å². The number of carbonyl (C=O) groups excluding carboxylic acids is 1. The van der Waals surface area contributed by atoms with Crippen LogP contribution >= 0.6 is 0 Å². The van der Waals surface area contributed by atoms with E-state index in [0.717, 1.165) is 16.8 Å². The van der Waals surface area contributed by atoms with Crippen molar-refractivity contribution >= 4 is 17.3 Å². The summed E-state index contributed by atoms with van der Waals surface area (Å²) in [5.74, 6) is 0.0710. The lowest BCUT2D eigenvalue weighted by molar-refractivity contribution is -0.117. The number of aryl methyl sites for hydroxylation is 2. The maximum absolute atomic E-state index is 12.3. The predicted molar refractivity (Wildman–Crippen MR) is 83.9 cm³/mol. The van der Waals surface area contributed by atoms with E-state index in [1.807, 2.05) is 57.3 Å². The molecule has 0 fully saturated rings. The van der Waals surface area contributed by atoms with Crippen LogP contribution in [0.25, 0.3) is 0 Å².